The SMILES string of the molecule is O=C1NC(=O)C2(CCC2)C(=O)N1CCSC(F)(F)F. The van der Waals surface area contributed by atoms with Gasteiger partial charge < -0.3 is 0 Å². The summed E-state index contributed by atoms with van der Waals surface area (Å²) in [6.07, 6.45) is 1.38. The molecule has 0 aromatic carbocycles. The highest BCUT2D eigenvalue weighted by molar-refractivity contribution is 8.00. The van der Waals surface area contributed by atoms with Crippen molar-refractivity contribution in [1.29, 1.82) is 0 Å². The van der Waals surface area contributed by atoms with Crippen molar-refractivity contribution in [2.24, 2.45) is 5.41 Å². The van der Waals surface area contributed by atoms with Gasteiger partial charge in [-0.2, -0.15) is 13.2 Å². The Hall–Kier alpha value is -1.25. The van der Waals surface area contributed by atoms with Crippen LogP contribution < -0.4 is 5.32 Å². The Bertz CT molecular complexity index is 434. The average Bonchev–Trinajstić information content (AvgIpc) is 2.19. The van der Waals surface area contributed by atoms with Crippen molar-refractivity contribution < 1.29 is 27.6 Å². The van der Waals surface area contributed by atoms with Crippen LogP contribution in [0.25, 0.3) is 0 Å². The number of thioether (sulfide) groups is 1. The van der Waals surface area contributed by atoms with E-state index in [9.17, 15) is 27.6 Å². The lowest BCUT2D eigenvalue weighted by Gasteiger charge is -2.44. The van der Waals surface area contributed by atoms with Crippen LogP contribution in [0.3, 0.4) is 0 Å². The van der Waals surface area contributed by atoms with Crippen LogP contribution in [0.4, 0.5) is 18.0 Å². The molecule has 2 fully saturated rings. The van der Waals surface area contributed by atoms with Crippen molar-refractivity contribution in [3.05, 3.63) is 0 Å². The molecule has 0 aromatic heterocycles. The fourth-order valence-corrected chi connectivity index (χ4v) is 2.66. The number of imide groups is 2. The number of rotatable bonds is 3. The average molecular weight is 296 g/mol. The predicted octanol–water partition coefficient (Wildman–Crippen LogP) is 1.49. The van der Waals surface area contributed by atoms with Gasteiger partial charge >= 0.3 is 11.5 Å². The summed E-state index contributed by atoms with van der Waals surface area (Å²) < 4.78 is 36.0. The lowest BCUT2D eigenvalue weighted by atomic mass is 9.66. The number of amides is 4. The summed E-state index contributed by atoms with van der Waals surface area (Å²) in [5, 5.41) is 2.04. The van der Waals surface area contributed by atoms with Crippen LogP contribution in [0.5, 0.6) is 0 Å². The van der Waals surface area contributed by atoms with E-state index in [0.717, 1.165) is 0 Å². The Morgan fingerprint density at radius 1 is 1.26 bits per heavy atom. The van der Waals surface area contributed by atoms with Gasteiger partial charge in [0.2, 0.25) is 11.8 Å². The Labute approximate surface area is 110 Å². The van der Waals surface area contributed by atoms with Gasteiger partial charge in [0.25, 0.3) is 0 Å². The van der Waals surface area contributed by atoms with E-state index < -0.39 is 34.5 Å². The van der Waals surface area contributed by atoms with Crippen molar-refractivity contribution in [2.75, 3.05) is 12.3 Å². The Balaban J connectivity index is 2.01. The smallest absolute Gasteiger partial charge is 0.277 e. The zero-order valence-corrected chi connectivity index (χ0v) is 10.6. The van der Waals surface area contributed by atoms with Gasteiger partial charge in [0.1, 0.15) is 5.41 Å². The summed E-state index contributed by atoms with van der Waals surface area (Å²) in [7, 11) is 0. The number of carbonyl (C=O) groups is 3. The molecule has 0 bridgehead atoms. The van der Waals surface area contributed by atoms with Gasteiger partial charge in [-0.3, -0.25) is 19.8 Å². The number of nitrogens with one attached hydrogen (secondary N) is 1. The van der Waals surface area contributed by atoms with Crippen LogP contribution in [-0.4, -0.2) is 40.6 Å². The van der Waals surface area contributed by atoms with Gasteiger partial charge in [-0.25, -0.2) is 4.79 Å². The predicted molar refractivity (Wildman–Crippen MR) is 60.0 cm³/mol. The van der Waals surface area contributed by atoms with E-state index in [0.29, 0.717) is 24.2 Å². The van der Waals surface area contributed by atoms with Crippen molar-refractivity contribution in [3.63, 3.8) is 0 Å². The minimum atomic E-state index is -4.40. The standard InChI is InChI=1S/C10H11F3N2O3S/c11-10(12,13)19-5-4-15-7(17)9(2-1-3-9)6(16)14-8(15)18/h1-5H2,(H,14,16,18). The molecular weight excluding hydrogens is 285 g/mol. The van der Waals surface area contributed by atoms with Crippen molar-refractivity contribution in [2.45, 2.75) is 24.8 Å². The lowest BCUT2D eigenvalue weighted by Crippen LogP contribution is -2.66. The summed E-state index contributed by atoms with van der Waals surface area (Å²) in [5.41, 5.74) is -5.63. The van der Waals surface area contributed by atoms with Crippen LogP contribution >= 0.6 is 11.8 Å². The van der Waals surface area contributed by atoms with Gasteiger partial charge in [-0.1, -0.05) is 6.42 Å². The number of hydrogen-bond donors (Lipinski definition) is 1. The first-order valence-corrected chi connectivity index (χ1v) is 6.63. The van der Waals surface area contributed by atoms with Gasteiger partial charge in [0.05, 0.1) is 0 Å². The molecule has 1 aliphatic carbocycles. The van der Waals surface area contributed by atoms with E-state index in [4.69, 9.17) is 0 Å². The molecule has 1 aliphatic heterocycles. The molecule has 0 unspecified atom stereocenters. The fraction of sp³-hybridized carbons (Fsp3) is 0.700. The largest absolute Gasteiger partial charge is 0.441 e. The summed E-state index contributed by atoms with van der Waals surface area (Å²) in [4.78, 5) is 35.9. The van der Waals surface area contributed by atoms with Crippen LogP contribution in [0.15, 0.2) is 0 Å². The maximum atomic E-state index is 12.1. The molecule has 1 saturated carbocycles. The molecule has 1 N–H and O–H groups in total. The van der Waals surface area contributed by atoms with E-state index in [1.54, 1.807) is 0 Å². The molecule has 5 nitrogen and oxygen atoms in total. The van der Waals surface area contributed by atoms with E-state index in [1.807, 2.05) is 5.32 Å². The molecule has 1 spiro atoms. The van der Waals surface area contributed by atoms with Gasteiger partial charge in [0.15, 0.2) is 0 Å². The third-order valence-electron chi connectivity index (χ3n) is 3.34. The number of barbiturate groups is 1. The Morgan fingerprint density at radius 3 is 2.37 bits per heavy atom. The third kappa shape index (κ3) is 2.56. The summed E-state index contributed by atoms with van der Waals surface area (Å²) in [6.45, 7) is -0.357. The maximum absolute atomic E-state index is 12.1. The van der Waals surface area contributed by atoms with E-state index in [1.165, 1.54) is 0 Å². The minimum Gasteiger partial charge on any atom is -0.277 e. The van der Waals surface area contributed by atoms with E-state index >= 15 is 0 Å². The first-order chi connectivity index (χ1) is 8.76. The highest BCUT2D eigenvalue weighted by Gasteiger charge is 2.57. The molecule has 0 aromatic rings. The molecule has 9 heteroatoms. The molecule has 2 rings (SSSR count). The fourth-order valence-electron chi connectivity index (χ4n) is 2.16. The third-order valence-corrected chi connectivity index (χ3v) is 4.06. The second kappa shape index (κ2) is 4.69. The van der Waals surface area contributed by atoms with Crippen molar-refractivity contribution in [3.8, 4) is 0 Å². The van der Waals surface area contributed by atoms with Gasteiger partial charge in [-0.05, 0) is 24.6 Å². The van der Waals surface area contributed by atoms with E-state index in [2.05, 4.69) is 0 Å². The number of urea groups is 1. The maximum Gasteiger partial charge on any atom is 0.441 e. The monoisotopic (exact) mass is 296 g/mol. The topological polar surface area (TPSA) is 66.5 Å². The zero-order valence-electron chi connectivity index (χ0n) is 9.75. The highest BCUT2D eigenvalue weighted by Crippen LogP contribution is 2.44. The molecule has 1 heterocycles. The molecule has 19 heavy (non-hydrogen) atoms. The summed E-state index contributed by atoms with van der Waals surface area (Å²) >= 11 is -0.301. The molecule has 106 valence electrons. The lowest BCUT2D eigenvalue weighted by molar-refractivity contribution is -0.157. The van der Waals surface area contributed by atoms with Crippen molar-refractivity contribution in [1.82, 2.24) is 10.2 Å². The zero-order chi connectivity index (χ0) is 14.3. The number of nitrogens with zero attached hydrogens (tertiary/aromatic N) is 1. The molecule has 0 atom stereocenters. The van der Waals surface area contributed by atoms with Crippen LogP contribution in [0, 0.1) is 5.41 Å². The number of carbonyl (C=O) groups excluding carboxylic acids is 3. The van der Waals surface area contributed by atoms with Crippen LogP contribution in [0.1, 0.15) is 19.3 Å². The number of halogens is 3. The van der Waals surface area contributed by atoms with Crippen molar-refractivity contribution >= 4 is 29.6 Å². The minimum absolute atomic E-state index is 0.301. The molecule has 1 saturated heterocycles. The van der Waals surface area contributed by atoms with Gasteiger partial charge in [0, 0.05) is 12.3 Å². The first-order valence-electron chi connectivity index (χ1n) is 5.64. The Morgan fingerprint density at radius 2 is 1.89 bits per heavy atom. The van der Waals surface area contributed by atoms with Crippen LogP contribution in [-0.2, 0) is 9.59 Å². The summed E-state index contributed by atoms with van der Waals surface area (Å²) in [6, 6.07) is -0.935. The first kappa shape index (κ1) is 14.2. The highest BCUT2D eigenvalue weighted by atomic mass is 32.2. The normalized spacial score (nSPS) is 22.5. The molecule has 2 aliphatic rings. The quantitative estimate of drug-likeness (QED) is 0.801. The molecular formula is C10H11F3N2O3S. The van der Waals surface area contributed by atoms with Gasteiger partial charge in [-0.15, -0.1) is 0 Å². The summed E-state index contributed by atoms with van der Waals surface area (Å²) in [5.74, 6) is -1.74. The number of alkyl halides is 3. The number of hydrogen-bond acceptors (Lipinski definition) is 4. The molecule has 4 amide bonds. The molecule has 0 radical (unpaired) electrons. The second-order valence-electron chi connectivity index (χ2n) is 4.45. The Kier molecular flexibility index (Phi) is 3.50. The van der Waals surface area contributed by atoms with Crippen LogP contribution in [0.2, 0.25) is 0 Å². The van der Waals surface area contributed by atoms with E-state index in [-0.39, 0.29) is 18.3 Å². The second-order valence-corrected chi connectivity index (χ2v) is 5.61.